The van der Waals surface area contributed by atoms with E-state index < -0.39 is 5.82 Å². The Morgan fingerprint density at radius 1 is 1.23 bits per heavy atom. The molecule has 7 heteroatoms. The number of ether oxygens (including phenoxy) is 3. The number of halogens is 1. The van der Waals surface area contributed by atoms with Crippen LogP contribution in [0.15, 0.2) is 36.4 Å². The van der Waals surface area contributed by atoms with Crippen LogP contribution < -0.4 is 10.1 Å². The number of aromatic nitrogens is 2. The normalized spacial score (nSPS) is 16.1. The second-order valence-corrected chi connectivity index (χ2v) is 7.20. The van der Waals surface area contributed by atoms with E-state index in [0.29, 0.717) is 30.3 Å². The monoisotopic (exact) mass is 421 g/mol. The van der Waals surface area contributed by atoms with Crippen LogP contribution in [0.1, 0.15) is 25.3 Å². The molecule has 2 aromatic carbocycles. The first-order chi connectivity index (χ1) is 15.2. The highest BCUT2D eigenvalue weighted by molar-refractivity contribution is 6.01. The molecule has 0 bridgehead atoms. The molecule has 4 rings (SSSR count). The summed E-state index contributed by atoms with van der Waals surface area (Å²) in [6.07, 6.45) is 7.45. The fourth-order valence-electron chi connectivity index (χ4n) is 3.64. The standard InChI is InChI=1S/C24H24FN3O3/c1-3-16-11-12-20(23(21(16)25)31-15-29-4-2)22-18-9-5-6-10-19(18)24(28-27-22)26-17-8-7-13-30-14-17/h1,5-6,9-12,17H,4,7-8,13-15H2,2H3,(H,26,28)/t17-/m1/s1. The van der Waals surface area contributed by atoms with Gasteiger partial charge in [-0.05, 0) is 31.9 Å². The maximum absolute atomic E-state index is 15.0. The van der Waals surface area contributed by atoms with E-state index >= 15 is 4.39 Å². The van der Waals surface area contributed by atoms with Crippen LogP contribution in [0.25, 0.3) is 22.0 Å². The average Bonchev–Trinajstić information content (AvgIpc) is 2.81. The molecular formula is C24H24FN3O3. The molecule has 0 spiro atoms. The van der Waals surface area contributed by atoms with E-state index in [1.54, 1.807) is 12.1 Å². The van der Waals surface area contributed by atoms with Crippen molar-refractivity contribution in [2.24, 2.45) is 0 Å². The Hall–Kier alpha value is -3.21. The Kier molecular flexibility index (Phi) is 6.60. The van der Waals surface area contributed by atoms with Crippen molar-refractivity contribution < 1.29 is 18.6 Å². The first-order valence-electron chi connectivity index (χ1n) is 10.3. The number of hydrogen-bond acceptors (Lipinski definition) is 6. The second-order valence-electron chi connectivity index (χ2n) is 7.20. The summed E-state index contributed by atoms with van der Waals surface area (Å²) in [4.78, 5) is 0. The molecule has 1 N–H and O–H groups in total. The lowest BCUT2D eigenvalue weighted by atomic mass is 10.0. The summed E-state index contributed by atoms with van der Waals surface area (Å²) in [7, 11) is 0. The van der Waals surface area contributed by atoms with Gasteiger partial charge >= 0.3 is 0 Å². The van der Waals surface area contributed by atoms with Crippen molar-refractivity contribution in [2.75, 3.05) is 31.9 Å². The van der Waals surface area contributed by atoms with Gasteiger partial charge < -0.3 is 19.5 Å². The Balaban J connectivity index is 1.79. The molecule has 0 amide bonds. The summed E-state index contributed by atoms with van der Waals surface area (Å²) >= 11 is 0. The van der Waals surface area contributed by atoms with Crippen LogP contribution in [-0.2, 0) is 9.47 Å². The molecule has 1 atom stereocenters. The Labute approximate surface area is 180 Å². The van der Waals surface area contributed by atoms with Gasteiger partial charge in [0.15, 0.2) is 24.2 Å². The highest BCUT2D eigenvalue weighted by atomic mass is 19.1. The number of nitrogens with one attached hydrogen (secondary N) is 1. The van der Waals surface area contributed by atoms with E-state index in [4.69, 9.17) is 20.6 Å². The summed E-state index contributed by atoms with van der Waals surface area (Å²) in [6.45, 7) is 3.60. The minimum atomic E-state index is -0.618. The van der Waals surface area contributed by atoms with E-state index in [1.165, 1.54) is 0 Å². The maximum Gasteiger partial charge on any atom is 0.189 e. The van der Waals surface area contributed by atoms with Crippen molar-refractivity contribution in [3.63, 3.8) is 0 Å². The first kappa shape index (κ1) is 21.0. The summed E-state index contributed by atoms with van der Waals surface area (Å²) in [5.41, 5.74) is 1.09. The molecule has 2 heterocycles. The zero-order chi connectivity index (χ0) is 21.6. The van der Waals surface area contributed by atoms with Crippen LogP contribution >= 0.6 is 0 Å². The summed E-state index contributed by atoms with van der Waals surface area (Å²) in [6, 6.07) is 11.2. The molecule has 3 aromatic rings. The molecule has 6 nitrogen and oxygen atoms in total. The van der Waals surface area contributed by atoms with Gasteiger partial charge in [0.05, 0.1) is 18.2 Å². The number of hydrogen-bond donors (Lipinski definition) is 1. The van der Waals surface area contributed by atoms with Crippen LogP contribution in [0.3, 0.4) is 0 Å². The number of fused-ring (bicyclic) bond motifs is 1. The molecule has 1 aliphatic rings. The minimum Gasteiger partial charge on any atom is -0.464 e. The average molecular weight is 421 g/mol. The molecule has 31 heavy (non-hydrogen) atoms. The highest BCUT2D eigenvalue weighted by Crippen LogP contribution is 2.38. The van der Waals surface area contributed by atoms with Crippen molar-refractivity contribution in [2.45, 2.75) is 25.8 Å². The molecule has 160 valence electrons. The Morgan fingerprint density at radius 2 is 2.06 bits per heavy atom. The molecule has 1 fully saturated rings. The lowest BCUT2D eigenvalue weighted by molar-refractivity contribution is 0.0204. The zero-order valence-corrected chi connectivity index (χ0v) is 17.4. The van der Waals surface area contributed by atoms with Crippen molar-refractivity contribution in [1.29, 1.82) is 0 Å². The van der Waals surface area contributed by atoms with Gasteiger partial charge in [0.25, 0.3) is 0 Å². The molecule has 0 radical (unpaired) electrons. The van der Waals surface area contributed by atoms with Crippen molar-refractivity contribution in [1.82, 2.24) is 10.2 Å². The molecular weight excluding hydrogens is 397 g/mol. The van der Waals surface area contributed by atoms with E-state index in [2.05, 4.69) is 21.4 Å². The van der Waals surface area contributed by atoms with Crippen LogP contribution in [0.4, 0.5) is 10.2 Å². The maximum atomic E-state index is 15.0. The van der Waals surface area contributed by atoms with Gasteiger partial charge in [0.2, 0.25) is 0 Å². The largest absolute Gasteiger partial charge is 0.464 e. The fraction of sp³-hybridized carbons (Fsp3) is 0.333. The summed E-state index contributed by atoms with van der Waals surface area (Å²) < 4.78 is 31.5. The zero-order valence-electron chi connectivity index (χ0n) is 17.4. The van der Waals surface area contributed by atoms with Crippen LogP contribution in [0.2, 0.25) is 0 Å². The third-order valence-electron chi connectivity index (χ3n) is 5.19. The Morgan fingerprint density at radius 3 is 2.81 bits per heavy atom. The number of terminal acetylenes is 1. The van der Waals surface area contributed by atoms with Crippen molar-refractivity contribution in [3.05, 3.63) is 47.8 Å². The molecule has 1 aromatic heterocycles. The SMILES string of the molecule is C#Cc1ccc(-c2nnc(N[C@@H]3CCCOC3)c3ccccc23)c(OCOCC)c1F. The molecule has 0 aliphatic carbocycles. The number of rotatable bonds is 7. The third-order valence-corrected chi connectivity index (χ3v) is 5.19. The molecule has 1 saturated heterocycles. The van der Waals surface area contributed by atoms with Gasteiger partial charge in [-0.15, -0.1) is 16.6 Å². The minimum absolute atomic E-state index is 0.00439. The van der Waals surface area contributed by atoms with Gasteiger partial charge in [0.1, 0.15) is 5.69 Å². The lowest BCUT2D eigenvalue weighted by Gasteiger charge is -2.24. The second kappa shape index (κ2) is 9.73. The van der Waals surface area contributed by atoms with Crippen LogP contribution in [-0.4, -0.2) is 42.9 Å². The predicted molar refractivity (Wildman–Crippen MR) is 117 cm³/mol. The first-order valence-corrected chi connectivity index (χ1v) is 10.3. The quantitative estimate of drug-likeness (QED) is 0.347. The summed E-state index contributed by atoms with van der Waals surface area (Å²) in [5, 5.41) is 14.0. The van der Waals surface area contributed by atoms with E-state index in [1.807, 2.05) is 31.2 Å². The predicted octanol–water partition coefficient (Wildman–Crippen LogP) is 4.38. The fourth-order valence-corrected chi connectivity index (χ4v) is 3.64. The number of benzene rings is 2. The summed E-state index contributed by atoms with van der Waals surface area (Å²) in [5.74, 6) is 2.40. The third kappa shape index (κ3) is 4.46. The topological polar surface area (TPSA) is 65.5 Å². The van der Waals surface area contributed by atoms with Gasteiger partial charge in [-0.2, -0.15) is 0 Å². The van der Waals surface area contributed by atoms with Crippen molar-refractivity contribution in [3.8, 4) is 29.4 Å². The van der Waals surface area contributed by atoms with Crippen LogP contribution in [0.5, 0.6) is 5.75 Å². The Bertz CT molecular complexity index is 1110. The van der Waals surface area contributed by atoms with Gasteiger partial charge in [-0.25, -0.2) is 4.39 Å². The number of nitrogens with zero attached hydrogens (tertiary/aromatic N) is 2. The smallest absolute Gasteiger partial charge is 0.189 e. The van der Waals surface area contributed by atoms with Gasteiger partial charge in [-0.1, -0.05) is 30.2 Å². The van der Waals surface area contributed by atoms with Gasteiger partial charge in [0, 0.05) is 29.5 Å². The molecule has 0 unspecified atom stereocenters. The number of anilines is 1. The molecule has 0 saturated carbocycles. The van der Waals surface area contributed by atoms with E-state index in [0.717, 1.165) is 30.2 Å². The van der Waals surface area contributed by atoms with Gasteiger partial charge in [-0.3, -0.25) is 0 Å². The highest BCUT2D eigenvalue weighted by Gasteiger charge is 2.21. The van der Waals surface area contributed by atoms with Crippen LogP contribution in [0, 0.1) is 18.2 Å². The van der Waals surface area contributed by atoms with Crippen molar-refractivity contribution >= 4 is 16.6 Å². The molecule has 1 aliphatic heterocycles. The van der Waals surface area contributed by atoms with E-state index in [9.17, 15) is 0 Å². The van der Waals surface area contributed by atoms with E-state index in [-0.39, 0.29) is 24.1 Å². The lowest BCUT2D eigenvalue weighted by Crippen LogP contribution is -2.30.